The van der Waals surface area contributed by atoms with Crippen LogP contribution in [0.2, 0.25) is 0 Å². The van der Waals surface area contributed by atoms with Gasteiger partial charge in [0.05, 0.1) is 11.8 Å². The lowest BCUT2D eigenvalue weighted by molar-refractivity contribution is -0.139. The highest BCUT2D eigenvalue weighted by atomic mass is 16.5. The summed E-state index contributed by atoms with van der Waals surface area (Å²) in [7, 11) is 0. The van der Waals surface area contributed by atoms with Crippen molar-refractivity contribution in [1.29, 1.82) is 0 Å². The fourth-order valence-corrected chi connectivity index (χ4v) is 3.90. The summed E-state index contributed by atoms with van der Waals surface area (Å²) in [6.45, 7) is 0.438. The van der Waals surface area contributed by atoms with Crippen molar-refractivity contribution in [2.45, 2.75) is 38.5 Å². The fraction of sp³-hybridized carbons (Fsp3) is 0.474. The van der Waals surface area contributed by atoms with Crippen LogP contribution in [-0.4, -0.2) is 33.4 Å². The number of nitrogens with zero attached hydrogens (tertiary/aromatic N) is 3. The number of hydrogen-bond donors (Lipinski definition) is 0. The average molecular weight is 339 g/mol. The van der Waals surface area contributed by atoms with Crippen LogP contribution >= 0.6 is 0 Å². The van der Waals surface area contributed by atoms with Gasteiger partial charge in [-0.15, -0.1) is 0 Å². The first-order valence-corrected chi connectivity index (χ1v) is 8.97. The highest BCUT2D eigenvalue weighted by Crippen LogP contribution is 2.38. The number of imide groups is 1. The van der Waals surface area contributed by atoms with Gasteiger partial charge in [-0.1, -0.05) is 48.3 Å². The second-order valence-corrected chi connectivity index (χ2v) is 6.81. The van der Waals surface area contributed by atoms with Crippen molar-refractivity contribution < 1.29 is 14.1 Å². The third kappa shape index (κ3) is 3.08. The summed E-state index contributed by atoms with van der Waals surface area (Å²) in [5, 5.41) is 3.99. The van der Waals surface area contributed by atoms with Crippen LogP contribution in [0.5, 0.6) is 0 Å². The monoisotopic (exact) mass is 339 g/mol. The predicted molar refractivity (Wildman–Crippen MR) is 90.2 cm³/mol. The molecule has 0 radical (unpaired) electrons. The Labute approximate surface area is 146 Å². The van der Waals surface area contributed by atoms with Gasteiger partial charge in [0, 0.05) is 18.5 Å². The normalized spacial score (nSPS) is 23.1. The zero-order chi connectivity index (χ0) is 17.2. The standard InChI is InChI=1S/C19H21N3O3/c23-18-14-9-4-5-10-15(14)19(24)22(18)12-6-11-16-20-17(21-25-16)13-7-2-1-3-8-13/h1-3,7-8,14-15H,4-6,9-12H2. The largest absolute Gasteiger partial charge is 0.339 e. The first-order chi connectivity index (χ1) is 12.2. The molecule has 2 atom stereocenters. The van der Waals surface area contributed by atoms with Gasteiger partial charge in [0.1, 0.15) is 0 Å². The molecular formula is C19H21N3O3. The van der Waals surface area contributed by atoms with E-state index in [9.17, 15) is 9.59 Å². The molecule has 130 valence electrons. The number of fused-ring (bicyclic) bond motifs is 1. The smallest absolute Gasteiger partial charge is 0.233 e. The first-order valence-electron chi connectivity index (χ1n) is 8.97. The summed E-state index contributed by atoms with van der Waals surface area (Å²) in [5.41, 5.74) is 0.909. The van der Waals surface area contributed by atoms with E-state index >= 15 is 0 Å². The SMILES string of the molecule is O=C1C2CCCCC2C(=O)N1CCCc1nc(-c2ccccc2)no1. The summed E-state index contributed by atoms with van der Waals surface area (Å²) < 4.78 is 5.28. The highest BCUT2D eigenvalue weighted by molar-refractivity contribution is 6.05. The van der Waals surface area contributed by atoms with Crippen molar-refractivity contribution in [2.24, 2.45) is 11.8 Å². The van der Waals surface area contributed by atoms with E-state index in [2.05, 4.69) is 10.1 Å². The van der Waals surface area contributed by atoms with Gasteiger partial charge in [-0.25, -0.2) is 0 Å². The third-order valence-electron chi connectivity index (χ3n) is 5.20. The number of rotatable bonds is 5. The third-order valence-corrected chi connectivity index (χ3v) is 5.20. The van der Waals surface area contributed by atoms with Crippen molar-refractivity contribution in [3.63, 3.8) is 0 Å². The van der Waals surface area contributed by atoms with E-state index in [0.717, 1.165) is 31.2 Å². The Hall–Kier alpha value is -2.50. The number of aromatic nitrogens is 2. The number of carbonyl (C=O) groups is 2. The van der Waals surface area contributed by atoms with E-state index in [0.29, 0.717) is 31.1 Å². The zero-order valence-corrected chi connectivity index (χ0v) is 14.1. The van der Waals surface area contributed by atoms with Crippen molar-refractivity contribution in [3.05, 3.63) is 36.2 Å². The van der Waals surface area contributed by atoms with E-state index in [4.69, 9.17) is 4.52 Å². The molecule has 2 aliphatic rings. The van der Waals surface area contributed by atoms with Crippen molar-refractivity contribution >= 4 is 11.8 Å². The number of carbonyl (C=O) groups excluding carboxylic acids is 2. The van der Waals surface area contributed by atoms with E-state index in [-0.39, 0.29) is 23.7 Å². The molecule has 2 amide bonds. The van der Waals surface area contributed by atoms with Crippen LogP contribution in [-0.2, 0) is 16.0 Å². The zero-order valence-electron chi connectivity index (χ0n) is 14.1. The summed E-state index contributed by atoms with van der Waals surface area (Å²) >= 11 is 0. The lowest BCUT2D eigenvalue weighted by Gasteiger charge is -2.19. The summed E-state index contributed by atoms with van der Waals surface area (Å²) in [4.78, 5) is 30.7. The van der Waals surface area contributed by atoms with Crippen LogP contribution in [0.25, 0.3) is 11.4 Å². The first kappa shape index (κ1) is 16.0. The Balaban J connectivity index is 1.34. The lowest BCUT2D eigenvalue weighted by atomic mass is 9.81. The molecule has 0 N–H and O–H groups in total. The van der Waals surface area contributed by atoms with Crippen LogP contribution in [0.4, 0.5) is 0 Å². The molecular weight excluding hydrogens is 318 g/mol. The number of amides is 2. The fourth-order valence-electron chi connectivity index (χ4n) is 3.90. The molecule has 1 saturated heterocycles. The predicted octanol–water partition coefficient (Wildman–Crippen LogP) is 2.84. The molecule has 1 aliphatic carbocycles. The highest BCUT2D eigenvalue weighted by Gasteiger charge is 2.47. The summed E-state index contributed by atoms with van der Waals surface area (Å²) in [6, 6.07) is 9.65. The molecule has 0 spiro atoms. The van der Waals surface area contributed by atoms with E-state index < -0.39 is 0 Å². The van der Waals surface area contributed by atoms with Gasteiger partial charge in [-0.05, 0) is 19.3 Å². The van der Waals surface area contributed by atoms with Crippen LogP contribution < -0.4 is 0 Å². The van der Waals surface area contributed by atoms with Crippen molar-refractivity contribution in [2.75, 3.05) is 6.54 Å². The number of likely N-dealkylation sites (tertiary alicyclic amines) is 1. The van der Waals surface area contributed by atoms with Gasteiger partial charge in [0.25, 0.3) is 0 Å². The second-order valence-electron chi connectivity index (χ2n) is 6.81. The average Bonchev–Trinajstić information content (AvgIpc) is 3.22. The van der Waals surface area contributed by atoms with Crippen LogP contribution in [0.15, 0.2) is 34.9 Å². The Kier molecular flexibility index (Phi) is 4.34. The minimum atomic E-state index is -0.0747. The molecule has 2 fully saturated rings. The van der Waals surface area contributed by atoms with E-state index in [1.165, 1.54) is 4.90 Å². The molecule has 0 bridgehead atoms. The number of hydrogen-bond acceptors (Lipinski definition) is 5. The lowest BCUT2D eigenvalue weighted by Crippen LogP contribution is -2.32. The summed E-state index contributed by atoms with van der Waals surface area (Å²) in [6.07, 6.45) is 5.03. The van der Waals surface area contributed by atoms with Gasteiger partial charge >= 0.3 is 0 Å². The van der Waals surface area contributed by atoms with Gasteiger partial charge in [0.2, 0.25) is 23.5 Å². The van der Waals surface area contributed by atoms with Gasteiger partial charge in [-0.3, -0.25) is 14.5 Å². The molecule has 25 heavy (non-hydrogen) atoms. The molecule has 1 saturated carbocycles. The Bertz CT molecular complexity index is 747. The molecule has 6 nitrogen and oxygen atoms in total. The molecule has 2 unspecified atom stereocenters. The molecule has 2 heterocycles. The topological polar surface area (TPSA) is 76.3 Å². The maximum atomic E-state index is 12.4. The van der Waals surface area contributed by atoms with Gasteiger partial charge in [0.15, 0.2) is 0 Å². The van der Waals surface area contributed by atoms with Gasteiger partial charge < -0.3 is 4.52 Å². The van der Waals surface area contributed by atoms with Crippen LogP contribution in [0.1, 0.15) is 38.0 Å². The van der Waals surface area contributed by atoms with Crippen molar-refractivity contribution in [3.8, 4) is 11.4 Å². The van der Waals surface area contributed by atoms with E-state index in [1.54, 1.807) is 0 Å². The van der Waals surface area contributed by atoms with Crippen LogP contribution in [0.3, 0.4) is 0 Å². The molecule has 1 aliphatic heterocycles. The van der Waals surface area contributed by atoms with E-state index in [1.807, 2.05) is 30.3 Å². The molecule has 1 aromatic carbocycles. The Morgan fingerprint density at radius 2 is 1.72 bits per heavy atom. The quantitative estimate of drug-likeness (QED) is 0.783. The number of aryl methyl sites for hydroxylation is 1. The number of benzene rings is 1. The minimum absolute atomic E-state index is 0.0187. The Morgan fingerprint density at radius 3 is 2.40 bits per heavy atom. The molecule has 6 heteroatoms. The Morgan fingerprint density at radius 1 is 1.04 bits per heavy atom. The second kappa shape index (κ2) is 6.78. The van der Waals surface area contributed by atoms with Crippen molar-refractivity contribution in [1.82, 2.24) is 15.0 Å². The minimum Gasteiger partial charge on any atom is -0.339 e. The van der Waals surface area contributed by atoms with Gasteiger partial charge in [-0.2, -0.15) is 4.98 Å². The molecule has 2 aromatic rings. The summed E-state index contributed by atoms with van der Waals surface area (Å²) in [5.74, 6) is 0.990. The maximum absolute atomic E-state index is 12.4. The molecule has 1 aromatic heterocycles. The molecule has 4 rings (SSSR count). The van der Waals surface area contributed by atoms with Crippen LogP contribution in [0, 0.1) is 11.8 Å². The maximum Gasteiger partial charge on any atom is 0.233 e.